The number of thiophene rings is 1. The van der Waals surface area contributed by atoms with E-state index in [1.54, 1.807) is 28.9 Å². The minimum atomic E-state index is -0.486. The van der Waals surface area contributed by atoms with Crippen molar-refractivity contribution >= 4 is 23.2 Å². The molecule has 8 heteroatoms. The minimum absolute atomic E-state index is 0.0368. The molecule has 2 aromatic heterocycles. The molecule has 3 aromatic rings. The van der Waals surface area contributed by atoms with Crippen molar-refractivity contribution in [3.63, 3.8) is 0 Å². The molecule has 0 radical (unpaired) electrons. The van der Waals surface area contributed by atoms with E-state index >= 15 is 0 Å². The van der Waals surface area contributed by atoms with Gasteiger partial charge in [-0.1, -0.05) is 29.4 Å². The van der Waals surface area contributed by atoms with Crippen LogP contribution in [0.5, 0.6) is 0 Å². The molecule has 1 saturated heterocycles. The second-order valence-electron chi connectivity index (χ2n) is 6.64. The molecule has 1 aliphatic rings. The zero-order chi connectivity index (χ0) is 19.5. The molecule has 3 heterocycles. The van der Waals surface area contributed by atoms with Crippen molar-refractivity contribution in [1.82, 2.24) is 19.9 Å². The lowest BCUT2D eigenvalue weighted by molar-refractivity contribution is 0.0594. The Labute approximate surface area is 166 Å². The fraction of sp³-hybridized carbons (Fsp3) is 0.300. The molecule has 0 aliphatic carbocycles. The smallest absolute Gasteiger partial charge is 0.264 e. The van der Waals surface area contributed by atoms with Crippen molar-refractivity contribution in [2.24, 2.45) is 0 Å². The van der Waals surface area contributed by atoms with Gasteiger partial charge >= 0.3 is 0 Å². The van der Waals surface area contributed by atoms with Gasteiger partial charge in [0, 0.05) is 18.7 Å². The highest BCUT2D eigenvalue weighted by Crippen LogP contribution is 2.27. The molecule has 0 saturated carbocycles. The summed E-state index contributed by atoms with van der Waals surface area (Å²) in [7, 11) is 0. The first-order chi connectivity index (χ1) is 13.6. The fourth-order valence-corrected chi connectivity index (χ4v) is 4.07. The number of nitrogens with zero attached hydrogens (tertiary/aromatic N) is 4. The van der Waals surface area contributed by atoms with E-state index in [1.807, 2.05) is 35.7 Å². The predicted octanol–water partition coefficient (Wildman–Crippen LogP) is 3.17. The van der Waals surface area contributed by atoms with E-state index in [-0.39, 0.29) is 11.8 Å². The largest absolute Gasteiger partial charge is 0.337 e. The monoisotopic (exact) mass is 396 g/mol. The molecule has 0 N–H and O–H groups in total. The third kappa shape index (κ3) is 3.68. The number of aromatic nitrogens is 2. The number of benzene rings is 1. The van der Waals surface area contributed by atoms with E-state index in [4.69, 9.17) is 4.52 Å². The summed E-state index contributed by atoms with van der Waals surface area (Å²) in [6.45, 7) is 3.13. The first-order valence-electron chi connectivity index (χ1n) is 9.12. The number of amides is 2. The number of carbonyl (C=O) groups is 2. The number of aryl methyl sites for hydroxylation is 1. The summed E-state index contributed by atoms with van der Waals surface area (Å²) >= 11 is 1.41. The number of rotatable bonds is 3. The van der Waals surface area contributed by atoms with Crippen molar-refractivity contribution in [3.8, 4) is 0 Å². The summed E-state index contributed by atoms with van der Waals surface area (Å²) < 4.78 is 5.40. The average molecular weight is 396 g/mol. The van der Waals surface area contributed by atoms with Crippen LogP contribution in [-0.2, 0) is 0 Å². The second-order valence-corrected chi connectivity index (χ2v) is 7.59. The third-order valence-corrected chi connectivity index (χ3v) is 5.58. The molecule has 1 atom stereocenters. The Morgan fingerprint density at radius 2 is 1.93 bits per heavy atom. The molecular weight excluding hydrogens is 376 g/mol. The summed E-state index contributed by atoms with van der Waals surface area (Å²) in [6, 6.07) is 12.3. The van der Waals surface area contributed by atoms with Crippen molar-refractivity contribution in [2.45, 2.75) is 19.4 Å². The van der Waals surface area contributed by atoms with Gasteiger partial charge in [0.25, 0.3) is 17.7 Å². The van der Waals surface area contributed by atoms with Gasteiger partial charge in [-0.05, 0) is 36.9 Å². The van der Waals surface area contributed by atoms with Crippen molar-refractivity contribution in [1.29, 1.82) is 0 Å². The van der Waals surface area contributed by atoms with Crippen LogP contribution in [0.15, 0.2) is 52.4 Å². The molecule has 2 amide bonds. The van der Waals surface area contributed by atoms with Crippen LogP contribution < -0.4 is 0 Å². The first kappa shape index (κ1) is 18.4. The number of carbonyl (C=O) groups excluding carboxylic acids is 2. The van der Waals surface area contributed by atoms with Crippen LogP contribution in [0.1, 0.15) is 44.2 Å². The summed E-state index contributed by atoms with van der Waals surface area (Å²) in [5.74, 6) is 0.715. The van der Waals surface area contributed by atoms with Crippen molar-refractivity contribution in [2.75, 3.05) is 19.6 Å². The van der Waals surface area contributed by atoms with Crippen LogP contribution in [0, 0.1) is 6.92 Å². The van der Waals surface area contributed by atoms with Crippen molar-refractivity contribution < 1.29 is 14.1 Å². The van der Waals surface area contributed by atoms with E-state index in [0.717, 1.165) is 0 Å². The highest BCUT2D eigenvalue weighted by atomic mass is 32.1. The maximum absolute atomic E-state index is 13.2. The summed E-state index contributed by atoms with van der Waals surface area (Å²) in [6.07, 6.45) is 0.680. The van der Waals surface area contributed by atoms with Gasteiger partial charge in [-0.25, -0.2) is 0 Å². The summed E-state index contributed by atoms with van der Waals surface area (Å²) in [4.78, 5) is 34.6. The Morgan fingerprint density at radius 1 is 1.11 bits per heavy atom. The van der Waals surface area contributed by atoms with Gasteiger partial charge in [-0.3, -0.25) is 9.59 Å². The molecule has 4 rings (SSSR count). The van der Waals surface area contributed by atoms with E-state index in [9.17, 15) is 9.59 Å². The first-order valence-corrected chi connectivity index (χ1v) is 10.0. The minimum Gasteiger partial charge on any atom is -0.337 e. The van der Waals surface area contributed by atoms with Gasteiger partial charge in [0.2, 0.25) is 0 Å². The van der Waals surface area contributed by atoms with Gasteiger partial charge in [0.05, 0.1) is 11.4 Å². The summed E-state index contributed by atoms with van der Waals surface area (Å²) in [5, 5.41) is 5.77. The van der Waals surface area contributed by atoms with Crippen molar-refractivity contribution in [3.05, 3.63) is 70.0 Å². The van der Waals surface area contributed by atoms with E-state index in [1.165, 1.54) is 11.3 Å². The van der Waals surface area contributed by atoms with Gasteiger partial charge in [-0.15, -0.1) is 11.3 Å². The Balaban J connectivity index is 1.66. The lowest BCUT2D eigenvalue weighted by Crippen LogP contribution is -2.40. The number of hydrogen-bond acceptors (Lipinski definition) is 6. The Hall–Kier alpha value is -3.00. The molecule has 144 valence electrons. The van der Waals surface area contributed by atoms with E-state index in [0.29, 0.717) is 48.2 Å². The topological polar surface area (TPSA) is 79.5 Å². The summed E-state index contributed by atoms with van der Waals surface area (Å²) in [5.41, 5.74) is 0.599. The quantitative estimate of drug-likeness (QED) is 0.679. The Morgan fingerprint density at radius 3 is 2.61 bits per heavy atom. The molecule has 1 aromatic carbocycles. The van der Waals surface area contributed by atoms with Crippen LogP contribution in [0.4, 0.5) is 0 Å². The lowest BCUT2D eigenvalue weighted by atomic mass is 10.1. The van der Waals surface area contributed by atoms with E-state index in [2.05, 4.69) is 10.1 Å². The lowest BCUT2D eigenvalue weighted by Gasteiger charge is -2.29. The molecule has 7 nitrogen and oxygen atoms in total. The maximum Gasteiger partial charge on any atom is 0.264 e. The molecule has 0 bridgehead atoms. The van der Waals surface area contributed by atoms with Gasteiger partial charge in [0.15, 0.2) is 5.82 Å². The second kappa shape index (κ2) is 7.93. The van der Waals surface area contributed by atoms with E-state index < -0.39 is 6.04 Å². The highest BCUT2D eigenvalue weighted by molar-refractivity contribution is 7.12. The van der Waals surface area contributed by atoms with Crippen LogP contribution in [0.3, 0.4) is 0 Å². The fourth-order valence-electron chi connectivity index (χ4n) is 3.38. The Bertz CT molecular complexity index is 955. The molecule has 0 spiro atoms. The van der Waals surface area contributed by atoms with Crippen LogP contribution >= 0.6 is 11.3 Å². The van der Waals surface area contributed by atoms with Gasteiger partial charge in [0.1, 0.15) is 6.04 Å². The predicted molar refractivity (Wildman–Crippen MR) is 104 cm³/mol. The molecular formula is C20H20N4O3S. The molecule has 28 heavy (non-hydrogen) atoms. The van der Waals surface area contributed by atoms with Crippen LogP contribution in [-0.4, -0.2) is 51.4 Å². The van der Waals surface area contributed by atoms with Crippen LogP contribution in [0.25, 0.3) is 0 Å². The third-order valence-electron chi connectivity index (χ3n) is 4.73. The SMILES string of the molecule is Cc1noc(C2CN(C(=O)c3cccs3)CCCN2C(=O)c2ccccc2)n1. The average Bonchev–Trinajstić information content (AvgIpc) is 3.35. The molecule has 1 aliphatic heterocycles. The molecule has 1 unspecified atom stereocenters. The van der Waals surface area contributed by atoms with Gasteiger partial charge in [-0.2, -0.15) is 4.98 Å². The van der Waals surface area contributed by atoms with Gasteiger partial charge < -0.3 is 14.3 Å². The normalized spacial score (nSPS) is 17.4. The standard InChI is InChI=1S/C20H20N4O3S/c1-14-21-18(27-22-14)16-13-23(20(26)17-9-5-12-28-17)10-6-11-24(16)19(25)15-7-3-2-4-8-15/h2-5,7-9,12,16H,6,10-11,13H2,1H3. The number of hydrogen-bond donors (Lipinski definition) is 0. The molecule has 1 fully saturated rings. The van der Waals surface area contributed by atoms with Crippen LogP contribution in [0.2, 0.25) is 0 Å². The zero-order valence-corrected chi connectivity index (χ0v) is 16.3. The Kier molecular flexibility index (Phi) is 5.21. The zero-order valence-electron chi connectivity index (χ0n) is 15.4. The maximum atomic E-state index is 13.2. The highest BCUT2D eigenvalue weighted by Gasteiger charge is 2.35.